The maximum absolute atomic E-state index is 11.6. The molecule has 0 aromatic heterocycles. The van der Waals surface area contributed by atoms with Crippen LogP contribution in [-0.2, 0) is 9.05 Å². The number of halogens is 1. The zero-order valence-corrected chi connectivity index (χ0v) is 14.2. The molecule has 1 aromatic rings. The Morgan fingerprint density at radius 1 is 1.30 bits per heavy atom. The summed E-state index contributed by atoms with van der Waals surface area (Å²) in [6.07, 6.45) is 0. The lowest BCUT2D eigenvalue weighted by Gasteiger charge is -2.18. The van der Waals surface area contributed by atoms with Crippen LogP contribution in [0.4, 0.5) is 0 Å². The molecule has 20 heavy (non-hydrogen) atoms. The van der Waals surface area contributed by atoms with Gasteiger partial charge in [-0.05, 0) is 50.2 Å². The first-order chi connectivity index (χ1) is 9.12. The fraction of sp³-hybridized carbons (Fsp3) is 0.571. The summed E-state index contributed by atoms with van der Waals surface area (Å²) in [7, 11) is 5.68. The molecule has 0 aliphatic carbocycles. The molecule has 0 aliphatic rings. The zero-order chi connectivity index (χ0) is 15.5. The highest BCUT2D eigenvalue weighted by molar-refractivity contribution is 8.13. The maximum atomic E-state index is 11.6. The average Bonchev–Trinajstić information content (AvgIpc) is 2.26. The normalized spacial score (nSPS) is 12.2. The summed E-state index contributed by atoms with van der Waals surface area (Å²) in [5.41, 5.74) is 1.46. The summed E-state index contributed by atoms with van der Waals surface area (Å²) in [5.74, 6) is 0.880. The number of nitrogens with zero attached hydrogens (tertiary/aromatic N) is 1. The van der Waals surface area contributed by atoms with E-state index < -0.39 is 9.05 Å². The van der Waals surface area contributed by atoms with Crippen molar-refractivity contribution in [2.75, 3.05) is 27.2 Å². The van der Waals surface area contributed by atoms with Gasteiger partial charge >= 0.3 is 0 Å². The summed E-state index contributed by atoms with van der Waals surface area (Å²) >= 11 is 0. The number of aryl methyl sites for hydroxylation is 1. The van der Waals surface area contributed by atoms with Crippen molar-refractivity contribution in [1.82, 2.24) is 4.90 Å². The lowest BCUT2D eigenvalue weighted by Crippen LogP contribution is -2.20. The minimum absolute atomic E-state index is 0.155. The quantitative estimate of drug-likeness (QED) is 0.756. The van der Waals surface area contributed by atoms with Gasteiger partial charge in [-0.3, -0.25) is 0 Å². The lowest BCUT2D eigenvalue weighted by atomic mass is 10.0. The molecule has 0 atom stereocenters. The molecule has 0 amide bonds. The van der Waals surface area contributed by atoms with Crippen LogP contribution in [0, 0.1) is 6.92 Å². The number of hydrogen-bond donors (Lipinski definition) is 0. The van der Waals surface area contributed by atoms with Gasteiger partial charge in [0.2, 0.25) is 0 Å². The fourth-order valence-electron chi connectivity index (χ4n) is 1.85. The van der Waals surface area contributed by atoms with E-state index in [0.717, 1.165) is 17.9 Å². The molecule has 4 nitrogen and oxygen atoms in total. The van der Waals surface area contributed by atoms with Crippen LogP contribution >= 0.6 is 10.7 Å². The predicted octanol–water partition coefficient (Wildman–Crippen LogP) is 2.99. The summed E-state index contributed by atoms with van der Waals surface area (Å²) in [4.78, 5) is 2.18. The first-order valence-corrected chi connectivity index (χ1v) is 8.80. The predicted molar refractivity (Wildman–Crippen MR) is 82.4 cm³/mol. The molecule has 0 N–H and O–H groups in total. The van der Waals surface area contributed by atoms with Crippen LogP contribution in [0.2, 0.25) is 0 Å². The van der Waals surface area contributed by atoms with E-state index in [1.165, 1.54) is 0 Å². The largest absolute Gasteiger partial charge is 0.492 e. The Balaban J connectivity index is 3.15. The third kappa shape index (κ3) is 4.65. The Hall–Kier alpha value is -0.780. The molecule has 1 rings (SSSR count). The van der Waals surface area contributed by atoms with Crippen molar-refractivity contribution in [1.29, 1.82) is 0 Å². The van der Waals surface area contributed by atoms with Crippen LogP contribution in [0.15, 0.2) is 17.0 Å². The van der Waals surface area contributed by atoms with Crippen molar-refractivity contribution >= 4 is 19.7 Å². The minimum atomic E-state index is -3.73. The van der Waals surface area contributed by atoms with Crippen molar-refractivity contribution in [2.24, 2.45) is 0 Å². The van der Waals surface area contributed by atoms with Crippen LogP contribution in [0.3, 0.4) is 0 Å². The first kappa shape index (κ1) is 17.3. The Kier molecular flexibility index (Phi) is 5.86. The highest BCUT2D eigenvalue weighted by atomic mass is 35.7. The summed E-state index contributed by atoms with van der Waals surface area (Å²) in [5, 5.41) is 0. The Labute approximate surface area is 126 Å². The van der Waals surface area contributed by atoms with Gasteiger partial charge in [0, 0.05) is 17.2 Å². The first-order valence-electron chi connectivity index (χ1n) is 6.49. The molecular weight excluding hydrogens is 298 g/mol. The molecule has 0 aliphatic heterocycles. The topological polar surface area (TPSA) is 46.6 Å². The van der Waals surface area contributed by atoms with Crippen molar-refractivity contribution in [3.05, 3.63) is 23.3 Å². The van der Waals surface area contributed by atoms with E-state index in [9.17, 15) is 8.42 Å². The molecule has 6 heteroatoms. The third-order valence-electron chi connectivity index (χ3n) is 2.99. The van der Waals surface area contributed by atoms with E-state index in [4.69, 9.17) is 15.4 Å². The second kappa shape index (κ2) is 6.78. The van der Waals surface area contributed by atoms with Gasteiger partial charge in [0.15, 0.2) is 0 Å². The van der Waals surface area contributed by atoms with Gasteiger partial charge < -0.3 is 9.64 Å². The second-order valence-electron chi connectivity index (χ2n) is 5.40. The highest BCUT2D eigenvalue weighted by Crippen LogP contribution is 2.33. The number of rotatable bonds is 6. The number of ether oxygens (including phenoxy) is 1. The molecule has 114 valence electrons. The van der Waals surface area contributed by atoms with Crippen molar-refractivity contribution in [2.45, 2.75) is 31.6 Å². The molecular formula is C14H22ClNO3S. The number of likely N-dealkylation sites (N-methyl/N-ethyl adjacent to an activating group) is 1. The van der Waals surface area contributed by atoms with Gasteiger partial charge in [-0.25, -0.2) is 8.42 Å². The maximum Gasteiger partial charge on any atom is 0.261 e. The lowest BCUT2D eigenvalue weighted by molar-refractivity contribution is 0.258. The van der Waals surface area contributed by atoms with Crippen molar-refractivity contribution in [3.63, 3.8) is 0 Å². The zero-order valence-electron chi connectivity index (χ0n) is 12.6. The Morgan fingerprint density at radius 3 is 2.35 bits per heavy atom. The van der Waals surface area contributed by atoms with E-state index in [2.05, 4.69) is 0 Å². The second-order valence-corrected chi connectivity index (χ2v) is 7.93. The van der Waals surface area contributed by atoms with Gasteiger partial charge in [-0.1, -0.05) is 13.8 Å². The van der Waals surface area contributed by atoms with Crippen LogP contribution in [0.5, 0.6) is 5.75 Å². The smallest absolute Gasteiger partial charge is 0.261 e. The average molecular weight is 320 g/mol. The van der Waals surface area contributed by atoms with Gasteiger partial charge in [0.05, 0.1) is 4.90 Å². The number of benzene rings is 1. The monoisotopic (exact) mass is 319 g/mol. The molecule has 0 fully saturated rings. The van der Waals surface area contributed by atoms with Crippen LogP contribution in [0.1, 0.15) is 30.9 Å². The standard InChI is InChI=1S/C14H22ClNO3S/c1-10(2)12-9-14(20(15,17)18)11(3)8-13(12)19-7-6-16(4)5/h8-10H,6-7H2,1-5H3. The summed E-state index contributed by atoms with van der Waals surface area (Å²) < 4.78 is 28.9. The van der Waals surface area contributed by atoms with E-state index >= 15 is 0 Å². The fourth-order valence-corrected chi connectivity index (χ4v) is 3.06. The summed E-state index contributed by atoms with van der Waals surface area (Å²) in [6.45, 7) is 7.06. The summed E-state index contributed by atoms with van der Waals surface area (Å²) in [6, 6.07) is 3.37. The van der Waals surface area contributed by atoms with Gasteiger partial charge in [0.25, 0.3) is 9.05 Å². The molecule has 0 unspecified atom stereocenters. The van der Waals surface area contributed by atoms with Crippen molar-refractivity contribution in [3.8, 4) is 5.75 Å². The van der Waals surface area contributed by atoms with E-state index in [1.54, 1.807) is 19.1 Å². The molecule has 0 saturated carbocycles. The Morgan fingerprint density at radius 2 is 1.90 bits per heavy atom. The van der Waals surface area contributed by atoms with Gasteiger partial charge in [-0.15, -0.1) is 0 Å². The Bertz CT molecular complexity index is 568. The highest BCUT2D eigenvalue weighted by Gasteiger charge is 2.19. The van der Waals surface area contributed by atoms with Crippen LogP contribution < -0.4 is 4.74 Å². The third-order valence-corrected chi connectivity index (χ3v) is 4.45. The van der Waals surface area contributed by atoms with Gasteiger partial charge in [-0.2, -0.15) is 0 Å². The number of hydrogen-bond acceptors (Lipinski definition) is 4. The van der Waals surface area contributed by atoms with Gasteiger partial charge in [0.1, 0.15) is 12.4 Å². The van der Waals surface area contributed by atoms with E-state index in [0.29, 0.717) is 12.2 Å². The van der Waals surface area contributed by atoms with Crippen LogP contribution in [0.25, 0.3) is 0 Å². The van der Waals surface area contributed by atoms with E-state index in [-0.39, 0.29) is 10.8 Å². The van der Waals surface area contributed by atoms with Crippen LogP contribution in [-0.4, -0.2) is 40.6 Å². The SMILES string of the molecule is Cc1cc(OCCN(C)C)c(C(C)C)cc1S(=O)(=O)Cl. The molecule has 0 saturated heterocycles. The molecule has 0 radical (unpaired) electrons. The minimum Gasteiger partial charge on any atom is -0.492 e. The molecule has 0 heterocycles. The van der Waals surface area contributed by atoms with Crippen molar-refractivity contribution < 1.29 is 13.2 Å². The van der Waals surface area contributed by atoms with E-state index in [1.807, 2.05) is 32.8 Å². The molecule has 0 spiro atoms. The molecule has 1 aromatic carbocycles. The molecule has 0 bridgehead atoms.